The zero-order chi connectivity index (χ0) is 9.71. The Morgan fingerprint density at radius 2 is 2.07 bits per heavy atom. The zero-order valence-corrected chi connectivity index (χ0v) is 8.28. The lowest BCUT2D eigenvalue weighted by atomic mass is 10.1. The first-order chi connectivity index (χ1) is 6.74. The van der Waals surface area contributed by atoms with Gasteiger partial charge in [-0.15, -0.1) is 0 Å². The van der Waals surface area contributed by atoms with Crippen LogP contribution < -0.4 is 11.1 Å². The van der Waals surface area contributed by atoms with Gasteiger partial charge in [-0.1, -0.05) is 0 Å². The highest BCUT2D eigenvalue weighted by Gasteiger charge is 2.49. The number of piperidine rings is 1. The molecule has 2 amide bonds. The van der Waals surface area contributed by atoms with E-state index in [0.29, 0.717) is 12.1 Å². The van der Waals surface area contributed by atoms with Gasteiger partial charge in [0, 0.05) is 24.7 Å². The van der Waals surface area contributed by atoms with Crippen LogP contribution in [-0.4, -0.2) is 35.6 Å². The van der Waals surface area contributed by atoms with Gasteiger partial charge >= 0.3 is 6.03 Å². The van der Waals surface area contributed by atoms with E-state index in [4.69, 9.17) is 5.73 Å². The topological polar surface area (TPSA) is 58.4 Å². The Morgan fingerprint density at radius 3 is 2.71 bits per heavy atom. The van der Waals surface area contributed by atoms with Crippen LogP contribution in [0.1, 0.15) is 25.7 Å². The molecule has 0 bridgehead atoms. The van der Waals surface area contributed by atoms with Gasteiger partial charge in [0.15, 0.2) is 0 Å². The standard InChI is InChI=1S/C10H17N3O/c11-10(14)13-5-8(12-7-1-2-7)3-6-4-9(6)13/h6-9,12H,1-5H2,(H2,11,14). The van der Waals surface area contributed by atoms with E-state index in [2.05, 4.69) is 5.32 Å². The monoisotopic (exact) mass is 195 g/mol. The summed E-state index contributed by atoms with van der Waals surface area (Å²) in [5.41, 5.74) is 5.35. The molecule has 1 heterocycles. The second-order valence-electron chi connectivity index (χ2n) is 4.93. The van der Waals surface area contributed by atoms with E-state index >= 15 is 0 Å². The van der Waals surface area contributed by atoms with Crippen molar-refractivity contribution >= 4 is 6.03 Å². The third kappa shape index (κ3) is 1.47. The molecule has 0 spiro atoms. The molecular weight excluding hydrogens is 178 g/mol. The van der Waals surface area contributed by atoms with E-state index in [0.717, 1.165) is 18.5 Å². The number of likely N-dealkylation sites (tertiary alicyclic amines) is 1. The predicted molar refractivity (Wildman–Crippen MR) is 52.7 cm³/mol. The maximum atomic E-state index is 11.2. The zero-order valence-electron chi connectivity index (χ0n) is 8.28. The fraction of sp³-hybridized carbons (Fsp3) is 0.900. The summed E-state index contributed by atoms with van der Waals surface area (Å²) >= 11 is 0. The summed E-state index contributed by atoms with van der Waals surface area (Å²) in [7, 11) is 0. The molecule has 4 nitrogen and oxygen atoms in total. The Labute approximate surface area is 83.8 Å². The van der Waals surface area contributed by atoms with Crippen LogP contribution in [0, 0.1) is 5.92 Å². The number of hydrogen-bond acceptors (Lipinski definition) is 2. The summed E-state index contributed by atoms with van der Waals surface area (Å²) in [6, 6.07) is 1.47. The summed E-state index contributed by atoms with van der Waals surface area (Å²) in [5.74, 6) is 0.729. The van der Waals surface area contributed by atoms with Crippen molar-refractivity contribution in [2.45, 2.75) is 43.8 Å². The number of amides is 2. The van der Waals surface area contributed by atoms with Gasteiger partial charge in [0.05, 0.1) is 0 Å². The molecule has 1 aliphatic heterocycles. The van der Waals surface area contributed by atoms with Crippen LogP contribution in [0.25, 0.3) is 0 Å². The fourth-order valence-corrected chi connectivity index (χ4v) is 2.64. The van der Waals surface area contributed by atoms with Crippen molar-refractivity contribution in [2.75, 3.05) is 6.54 Å². The Kier molecular flexibility index (Phi) is 1.74. The van der Waals surface area contributed by atoms with E-state index in [1.165, 1.54) is 25.7 Å². The fourth-order valence-electron chi connectivity index (χ4n) is 2.64. The lowest BCUT2D eigenvalue weighted by Gasteiger charge is -2.31. The number of carbonyl (C=O) groups is 1. The lowest BCUT2D eigenvalue weighted by Crippen LogP contribution is -2.51. The smallest absolute Gasteiger partial charge is 0.315 e. The van der Waals surface area contributed by atoms with Crippen LogP contribution in [0.3, 0.4) is 0 Å². The first kappa shape index (κ1) is 8.53. The molecule has 4 heteroatoms. The van der Waals surface area contributed by atoms with Gasteiger partial charge < -0.3 is 16.0 Å². The van der Waals surface area contributed by atoms with Crippen molar-refractivity contribution in [2.24, 2.45) is 11.7 Å². The van der Waals surface area contributed by atoms with Crippen molar-refractivity contribution < 1.29 is 4.79 Å². The number of nitrogens with one attached hydrogen (secondary N) is 1. The first-order valence-corrected chi connectivity index (χ1v) is 5.56. The number of nitrogens with zero attached hydrogens (tertiary/aromatic N) is 1. The summed E-state index contributed by atoms with van der Waals surface area (Å²) in [6.07, 6.45) is 5.03. The quantitative estimate of drug-likeness (QED) is 0.665. The number of urea groups is 1. The Balaban J connectivity index is 1.62. The summed E-state index contributed by atoms with van der Waals surface area (Å²) in [5, 5.41) is 3.59. The van der Waals surface area contributed by atoms with Gasteiger partial charge in [-0.25, -0.2) is 4.79 Å². The van der Waals surface area contributed by atoms with Crippen molar-refractivity contribution in [3.05, 3.63) is 0 Å². The van der Waals surface area contributed by atoms with Gasteiger partial charge in [0.25, 0.3) is 0 Å². The Hall–Kier alpha value is -0.770. The minimum Gasteiger partial charge on any atom is -0.351 e. The maximum absolute atomic E-state index is 11.2. The first-order valence-electron chi connectivity index (χ1n) is 5.56. The van der Waals surface area contributed by atoms with Gasteiger partial charge in [-0.05, 0) is 31.6 Å². The number of primary amides is 1. The van der Waals surface area contributed by atoms with Crippen molar-refractivity contribution in [3.63, 3.8) is 0 Å². The SMILES string of the molecule is NC(=O)N1CC(NC2CC2)CC2CC21. The summed E-state index contributed by atoms with van der Waals surface area (Å²) in [6.45, 7) is 0.826. The number of nitrogens with two attached hydrogens (primary N) is 1. The number of rotatable bonds is 2. The van der Waals surface area contributed by atoms with Gasteiger partial charge in [-0.2, -0.15) is 0 Å². The average Bonchev–Trinajstić information content (AvgIpc) is 2.95. The van der Waals surface area contributed by atoms with Crippen molar-refractivity contribution in [1.82, 2.24) is 10.2 Å². The van der Waals surface area contributed by atoms with E-state index < -0.39 is 0 Å². The minimum atomic E-state index is -0.236. The second-order valence-corrected chi connectivity index (χ2v) is 4.93. The molecule has 3 fully saturated rings. The summed E-state index contributed by atoms with van der Waals surface area (Å²) < 4.78 is 0. The molecule has 0 aromatic rings. The molecule has 3 N–H and O–H groups in total. The van der Waals surface area contributed by atoms with Crippen molar-refractivity contribution in [3.8, 4) is 0 Å². The highest BCUT2D eigenvalue weighted by atomic mass is 16.2. The van der Waals surface area contributed by atoms with Gasteiger partial charge in [0.2, 0.25) is 0 Å². The molecule has 1 saturated heterocycles. The number of carbonyl (C=O) groups excluding carboxylic acids is 1. The van der Waals surface area contributed by atoms with Crippen LogP contribution in [0.15, 0.2) is 0 Å². The molecule has 0 aromatic heterocycles. The molecule has 14 heavy (non-hydrogen) atoms. The Bertz CT molecular complexity index is 262. The molecule has 2 aliphatic carbocycles. The van der Waals surface area contributed by atoms with Gasteiger partial charge in [0.1, 0.15) is 0 Å². The lowest BCUT2D eigenvalue weighted by molar-refractivity contribution is 0.176. The molecule has 3 rings (SSSR count). The van der Waals surface area contributed by atoms with Gasteiger partial charge in [-0.3, -0.25) is 0 Å². The molecule has 3 unspecified atom stereocenters. The van der Waals surface area contributed by atoms with Crippen LogP contribution in [0.4, 0.5) is 4.79 Å². The number of fused-ring (bicyclic) bond motifs is 1. The largest absolute Gasteiger partial charge is 0.351 e. The molecule has 2 saturated carbocycles. The van der Waals surface area contributed by atoms with Crippen LogP contribution in [-0.2, 0) is 0 Å². The minimum absolute atomic E-state index is 0.236. The van der Waals surface area contributed by atoms with E-state index in [-0.39, 0.29) is 6.03 Å². The third-order valence-corrected chi connectivity index (χ3v) is 3.62. The average molecular weight is 195 g/mol. The summed E-state index contributed by atoms with van der Waals surface area (Å²) in [4.78, 5) is 13.0. The van der Waals surface area contributed by atoms with E-state index in [1.54, 1.807) is 0 Å². The second kappa shape index (κ2) is 2.86. The molecular formula is C10H17N3O. The predicted octanol–water partition coefficient (Wildman–Crippen LogP) is 0.280. The number of hydrogen-bond donors (Lipinski definition) is 2. The van der Waals surface area contributed by atoms with Crippen LogP contribution in [0.5, 0.6) is 0 Å². The highest BCUT2D eigenvalue weighted by molar-refractivity contribution is 5.73. The van der Waals surface area contributed by atoms with Crippen LogP contribution >= 0.6 is 0 Å². The normalized spacial score (nSPS) is 40.6. The third-order valence-electron chi connectivity index (χ3n) is 3.62. The Morgan fingerprint density at radius 1 is 1.29 bits per heavy atom. The molecule has 78 valence electrons. The highest BCUT2D eigenvalue weighted by Crippen LogP contribution is 2.43. The van der Waals surface area contributed by atoms with Crippen LogP contribution in [0.2, 0.25) is 0 Å². The van der Waals surface area contributed by atoms with E-state index in [9.17, 15) is 4.79 Å². The molecule has 0 radical (unpaired) electrons. The maximum Gasteiger partial charge on any atom is 0.315 e. The van der Waals surface area contributed by atoms with E-state index in [1.807, 2.05) is 4.90 Å². The molecule has 3 atom stereocenters. The molecule has 3 aliphatic rings. The van der Waals surface area contributed by atoms with Crippen molar-refractivity contribution in [1.29, 1.82) is 0 Å². The molecule has 0 aromatic carbocycles.